The third kappa shape index (κ3) is 3.77. The third-order valence-electron chi connectivity index (χ3n) is 4.50. The number of fused-ring (bicyclic) bond motifs is 1. The topological polar surface area (TPSA) is 56.8 Å². The van der Waals surface area contributed by atoms with Gasteiger partial charge in [0.25, 0.3) is 5.91 Å². The van der Waals surface area contributed by atoms with Gasteiger partial charge < -0.3 is 19.5 Å². The Labute approximate surface area is 146 Å². The Morgan fingerprint density at radius 2 is 2.12 bits per heavy atom. The number of amides is 1. The van der Waals surface area contributed by atoms with Crippen molar-refractivity contribution in [1.82, 2.24) is 0 Å². The quantitative estimate of drug-likeness (QED) is 0.909. The van der Waals surface area contributed by atoms with E-state index in [1.807, 2.05) is 48.5 Å². The van der Waals surface area contributed by atoms with Crippen LogP contribution < -0.4 is 14.8 Å². The lowest BCUT2D eigenvalue weighted by Gasteiger charge is -2.14. The average Bonchev–Trinajstić information content (AvgIpc) is 3.29. The van der Waals surface area contributed by atoms with Crippen molar-refractivity contribution in [1.29, 1.82) is 0 Å². The fourth-order valence-electron chi connectivity index (χ4n) is 3.18. The van der Waals surface area contributed by atoms with Crippen LogP contribution in [0, 0.1) is 0 Å². The first-order valence-electron chi connectivity index (χ1n) is 8.68. The van der Waals surface area contributed by atoms with E-state index in [4.69, 9.17) is 14.2 Å². The molecule has 2 aromatic carbocycles. The zero-order valence-corrected chi connectivity index (χ0v) is 13.9. The molecule has 25 heavy (non-hydrogen) atoms. The van der Waals surface area contributed by atoms with Gasteiger partial charge in [-0.05, 0) is 36.6 Å². The Hall–Kier alpha value is -2.53. The molecule has 0 bridgehead atoms. The second kappa shape index (κ2) is 7.15. The van der Waals surface area contributed by atoms with Crippen molar-refractivity contribution < 1.29 is 19.0 Å². The van der Waals surface area contributed by atoms with Gasteiger partial charge in [-0.1, -0.05) is 24.3 Å². The van der Waals surface area contributed by atoms with Gasteiger partial charge in [-0.25, -0.2) is 0 Å². The molecule has 2 aromatic rings. The number of nitrogens with one attached hydrogen (secondary N) is 1. The van der Waals surface area contributed by atoms with Crippen molar-refractivity contribution in [2.24, 2.45) is 0 Å². The molecule has 130 valence electrons. The van der Waals surface area contributed by atoms with Crippen molar-refractivity contribution in [3.05, 3.63) is 54.1 Å². The minimum atomic E-state index is -0.492. The van der Waals surface area contributed by atoms with E-state index >= 15 is 0 Å². The molecule has 5 heteroatoms. The Morgan fingerprint density at radius 3 is 2.96 bits per heavy atom. The van der Waals surface area contributed by atoms with Crippen LogP contribution in [-0.2, 0) is 16.0 Å². The standard InChI is InChI=1S/C20H21NO4/c22-20(19-11-14-5-1-2-9-18(14)25-19)21-15-6-3-7-16(12-15)24-13-17-8-4-10-23-17/h1-3,5-7,9,12,17,19H,4,8,10-11,13H2,(H,21,22)/t17-,19+/m1/s1. The van der Waals surface area contributed by atoms with Gasteiger partial charge in [-0.2, -0.15) is 0 Å². The first-order valence-corrected chi connectivity index (χ1v) is 8.68. The number of benzene rings is 2. The van der Waals surface area contributed by atoms with Crippen LogP contribution in [-0.4, -0.2) is 31.3 Å². The van der Waals surface area contributed by atoms with Gasteiger partial charge in [-0.3, -0.25) is 4.79 Å². The summed E-state index contributed by atoms with van der Waals surface area (Å²) in [4.78, 5) is 12.5. The van der Waals surface area contributed by atoms with Gasteiger partial charge in [0.15, 0.2) is 6.10 Å². The normalized spacial score (nSPS) is 21.4. The van der Waals surface area contributed by atoms with Gasteiger partial charge in [0.2, 0.25) is 0 Å². The fourth-order valence-corrected chi connectivity index (χ4v) is 3.18. The smallest absolute Gasteiger partial charge is 0.265 e. The number of hydrogen-bond acceptors (Lipinski definition) is 4. The van der Waals surface area contributed by atoms with E-state index in [1.165, 1.54) is 0 Å². The minimum absolute atomic E-state index is 0.146. The maximum absolute atomic E-state index is 12.5. The molecule has 1 fully saturated rings. The highest BCUT2D eigenvalue weighted by atomic mass is 16.5. The van der Waals surface area contributed by atoms with Crippen LogP contribution in [0.2, 0.25) is 0 Å². The maximum Gasteiger partial charge on any atom is 0.265 e. The summed E-state index contributed by atoms with van der Waals surface area (Å²) < 4.78 is 17.1. The van der Waals surface area contributed by atoms with Crippen molar-refractivity contribution >= 4 is 11.6 Å². The summed E-state index contributed by atoms with van der Waals surface area (Å²) in [5, 5.41) is 2.91. The summed E-state index contributed by atoms with van der Waals surface area (Å²) in [5.41, 5.74) is 1.77. The molecule has 0 spiro atoms. The van der Waals surface area contributed by atoms with Crippen LogP contribution in [0.25, 0.3) is 0 Å². The Balaban J connectivity index is 1.34. The number of rotatable bonds is 5. The van der Waals surface area contributed by atoms with E-state index in [1.54, 1.807) is 0 Å². The zero-order chi connectivity index (χ0) is 17.1. The Kier molecular flexibility index (Phi) is 4.57. The maximum atomic E-state index is 12.5. The molecule has 2 aliphatic heterocycles. The van der Waals surface area contributed by atoms with Gasteiger partial charge in [0.05, 0.1) is 6.10 Å². The first-order chi connectivity index (χ1) is 12.3. The van der Waals surface area contributed by atoms with Gasteiger partial charge in [0, 0.05) is 24.8 Å². The van der Waals surface area contributed by atoms with Crippen LogP contribution >= 0.6 is 0 Å². The molecule has 0 saturated carbocycles. The molecular weight excluding hydrogens is 318 g/mol. The molecule has 5 nitrogen and oxygen atoms in total. The summed E-state index contributed by atoms with van der Waals surface area (Å²) in [6, 6.07) is 15.2. The first kappa shape index (κ1) is 16.0. The predicted molar refractivity (Wildman–Crippen MR) is 94.1 cm³/mol. The lowest BCUT2D eigenvalue weighted by atomic mass is 10.1. The molecule has 1 N–H and O–H groups in total. The average molecular weight is 339 g/mol. The highest BCUT2D eigenvalue weighted by molar-refractivity contribution is 5.95. The summed E-state index contributed by atoms with van der Waals surface area (Å²) >= 11 is 0. The molecule has 0 unspecified atom stereocenters. The second-order valence-corrected chi connectivity index (χ2v) is 6.38. The molecule has 2 atom stereocenters. The molecule has 2 aliphatic rings. The number of carbonyl (C=O) groups excluding carboxylic acids is 1. The number of hydrogen-bond donors (Lipinski definition) is 1. The largest absolute Gasteiger partial charge is 0.491 e. The molecule has 1 amide bonds. The van der Waals surface area contributed by atoms with E-state index in [0.717, 1.165) is 36.5 Å². The summed E-state index contributed by atoms with van der Waals surface area (Å²) in [5.74, 6) is 1.37. The second-order valence-electron chi connectivity index (χ2n) is 6.38. The van der Waals surface area contributed by atoms with Crippen LogP contribution in [0.15, 0.2) is 48.5 Å². The lowest BCUT2D eigenvalue weighted by molar-refractivity contribution is -0.122. The highest BCUT2D eigenvalue weighted by Crippen LogP contribution is 2.29. The highest BCUT2D eigenvalue weighted by Gasteiger charge is 2.28. The van der Waals surface area contributed by atoms with Gasteiger partial charge in [-0.15, -0.1) is 0 Å². The van der Waals surface area contributed by atoms with Crippen molar-refractivity contribution in [2.45, 2.75) is 31.5 Å². The van der Waals surface area contributed by atoms with E-state index < -0.39 is 6.10 Å². The van der Waals surface area contributed by atoms with Crippen molar-refractivity contribution in [3.8, 4) is 11.5 Å². The molecule has 4 rings (SSSR count). The van der Waals surface area contributed by atoms with Crippen LogP contribution in [0.1, 0.15) is 18.4 Å². The summed E-state index contributed by atoms with van der Waals surface area (Å²) in [7, 11) is 0. The van der Waals surface area contributed by atoms with E-state index in [9.17, 15) is 4.79 Å². The number of carbonyl (C=O) groups is 1. The fraction of sp³-hybridized carbons (Fsp3) is 0.350. The van der Waals surface area contributed by atoms with Crippen LogP contribution in [0.4, 0.5) is 5.69 Å². The van der Waals surface area contributed by atoms with Crippen molar-refractivity contribution in [3.63, 3.8) is 0 Å². The van der Waals surface area contributed by atoms with E-state index in [2.05, 4.69) is 5.32 Å². The number of para-hydroxylation sites is 1. The predicted octanol–water partition coefficient (Wildman–Crippen LogP) is 3.19. The Morgan fingerprint density at radius 1 is 1.20 bits per heavy atom. The summed E-state index contributed by atoms with van der Waals surface area (Å²) in [6.07, 6.45) is 2.40. The van der Waals surface area contributed by atoms with Crippen LogP contribution in [0.3, 0.4) is 0 Å². The van der Waals surface area contributed by atoms with Crippen LogP contribution in [0.5, 0.6) is 11.5 Å². The molecule has 2 heterocycles. The number of ether oxygens (including phenoxy) is 3. The van der Waals surface area contributed by atoms with Crippen molar-refractivity contribution in [2.75, 3.05) is 18.5 Å². The zero-order valence-electron chi connectivity index (χ0n) is 13.9. The van der Waals surface area contributed by atoms with Gasteiger partial charge in [0.1, 0.15) is 18.1 Å². The number of anilines is 1. The molecule has 1 saturated heterocycles. The Bertz CT molecular complexity index is 730. The molecule has 0 radical (unpaired) electrons. The molecular formula is C20H21NO4. The summed E-state index contributed by atoms with van der Waals surface area (Å²) in [6.45, 7) is 1.35. The molecule has 0 aliphatic carbocycles. The lowest BCUT2D eigenvalue weighted by Crippen LogP contribution is -2.31. The van der Waals surface area contributed by atoms with E-state index in [0.29, 0.717) is 18.7 Å². The minimum Gasteiger partial charge on any atom is -0.491 e. The van der Waals surface area contributed by atoms with E-state index in [-0.39, 0.29) is 12.0 Å². The van der Waals surface area contributed by atoms with Gasteiger partial charge >= 0.3 is 0 Å². The SMILES string of the molecule is O=C(Nc1cccc(OC[C@H]2CCCO2)c1)[C@@H]1Cc2ccccc2O1. The molecule has 0 aromatic heterocycles. The monoisotopic (exact) mass is 339 g/mol. The third-order valence-corrected chi connectivity index (χ3v) is 4.50.